The van der Waals surface area contributed by atoms with Crippen LogP contribution in [0.4, 0.5) is 0 Å². The summed E-state index contributed by atoms with van der Waals surface area (Å²) in [7, 11) is 0. The number of aliphatic carboxylic acids is 1. The van der Waals surface area contributed by atoms with Gasteiger partial charge in [0.2, 0.25) is 0 Å². The fourth-order valence-electron chi connectivity index (χ4n) is 3.11. The van der Waals surface area contributed by atoms with E-state index in [1.54, 1.807) is 0 Å². The van der Waals surface area contributed by atoms with Gasteiger partial charge in [0, 0.05) is 12.1 Å². The molecule has 0 aromatic heterocycles. The standard InChI is InChI=1S/C15H25NO2/c17-15(18)12-8-10-14(11-9-12)16-13-6-4-2-1-3-5-7-13/h4,6,12-14,16H,1-3,5,7-11H2,(H,17,18)/b6-4+. The monoisotopic (exact) mass is 251 g/mol. The molecule has 0 spiro atoms. The van der Waals surface area contributed by atoms with Gasteiger partial charge in [-0.15, -0.1) is 0 Å². The summed E-state index contributed by atoms with van der Waals surface area (Å²) >= 11 is 0. The maximum Gasteiger partial charge on any atom is 0.306 e. The van der Waals surface area contributed by atoms with Crippen LogP contribution in [0.5, 0.6) is 0 Å². The zero-order chi connectivity index (χ0) is 12.8. The summed E-state index contributed by atoms with van der Waals surface area (Å²) in [4.78, 5) is 10.9. The van der Waals surface area contributed by atoms with Gasteiger partial charge in [-0.2, -0.15) is 0 Å². The van der Waals surface area contributed by atoms with Gasteiger partial charge >= 0.3 is 5.97 Å². The molecule has 0 amide bonds. The number of hydrogen-bond acceptors (Lipinski definition) is 2. The SMILES string of the molecule is O=C(O)C1CCC(NC2/C=C/CCCCC2)CC1. The third-order valence-corrected chi connectivity index (χ3v) is 4.28. The molecular formula is C15H25NO2. The average molecular weight is 251 g/mol. The summed E-state index contributed by atoms with van der Waals surface area (Å²) in [5.74, 6) is -0.713. The van der Waals surface area contributed by atoms with E-state index >= 15 is 0 Å². The number of rotatable bonds is 3. The van der Waals surface area contributed by atoms with E-state index in [4.69, 9.17) is 5.11 Å². The van der Waals surface area contributed by atoms with Crippen molar-refractivity contribution in [3.63, 3.8) is 0 Å². The fourth-order valence-corrected chi connectivity index (χ4v) is 3.11. The predicted octanol–water partition coefficient (Wildman–Crippen LogP) is 3.11. The molecule has 1 unspecified atom stereocenters. The minimum atomic E-state index is -0.612. The summed E-state index contributed by atoms with van der Waals surface area (Å²) in [5.41, 5.74) is 0. The Balaban J connectivity index is 1.76. The van der Waals surface area contributed by atoms with E-state index in [2.05, 4.69) is 17.5 Å². The van der Waals surface area contributed by atoms with Crippen molar-refractivity contribution < 1.29 is 9.90 Å². The van der Waals surface area contributed by atoms with Gasteiger partial charge in [0.05, 0.1) is 5.92 Å². The van der Waals surface area contributed by atoms with Crippen LogP contribution in [0.25, 0.3) is 0 Å². The summed E-state index contributed by atoms with van der Waals surface area (Å²) in [6.07, 6.45) is 14.8. The lowest BCUT2D eigenvalue weighted by atomic mass is 9.85. The van der Waals surface area contributed by atoms with Crippen LogP contribution in [-0.4, -0.2) is 23.2 Å². The van der Waals surface area contributed by atoms with Gasteiger partial charge < -0.3 is 10.4 Å². The summed E-state index contributed by atoms with van der Waals surface area (Å²) in [5, 5.41) is 12.7. The molecule has 18 heavy (non-hydrogen) atoms. The zero-order valence-corrected chi connectivity index (χ0v) is 11.1. The third kappa shape index (κ3) is 4.13. The number of carbonyl (C=O) groups is 1. The highest BCUT2D eigenvalue weighted by molar-refractivity contribution is 5.70. The van der Waals surface area contributed by atoms with Crippen molar-refractivity contribution in [2.75, 3.05) is 0 Å². The van der Waals surface area contributed by atoms with E-state index in [9.17, 15) is 4.79 Å². The van der Waals surface area contributed by atoms with Crippen molar-refractivity contribution in [3.8, 4) is 0 Å². The summed E-state index contributed by atoms with van der Waals surface area (Å²) < 4.78 is 0. The van der Waals surface area contributed by atoms with Crippen molar-refractivity contribution in [3.05, 3.63) is 12.2 Å². The Labute approximate surface area is 110 Å². The van der Waals surface area contributed by atoms with Gasteiger partial charge in [0.15, 0.2) is 0 Å². The molecule has 1 atom stereocenters. The highest BCUT2D eigenvalue weighted by atomic mass is 16.4. The molecule has 3 heteroatoms. The first-order valence-electron chi connectivity index (χ1n) is 7.41. The van der Waals surface area contributed by atoms with E-state index in [-0.39, 0.29) is 5.92 Å². The quantitative estimate of drug-likeness (QED) is 0.758. The lowest BCUT2D eigenvalue weighted by Crippen LogP contribution is -2.40. The third-order valence-electron chi connectivity index (χ3n) is 4.28. The molecule has 0 heterocycles. The molecule has 3 nitrogen and oxygen atoms in total. The Bertz CT molecular complexity index is 293. The number of carboxylic acid groups (broad SMARTS) is 1. The normalized spacial score (nSPS) is 35.4. The Morgan fingerprint density at radius 3 is 2.56 bits per heavy atom. The lowest BCUT2D eigenvalue weighted by molar-refractivity contribution is -0.142. The molecule has 0 radical (unpaired) electrons. The van der Waals surface area contributed by atoms with Crippen molar-refractivity contribution in [1.82, 2.24) is 5.32 Å². The minimum absolute atomic E-state index is 0.101. The smallest absolute Gasteiger partial charge is 0.306 e. The summed E-state index contributed by atoms with van der Waals surface area (Å²) in [6.45, 7) is 0. The van der Waals surface area contributed by atoms with Crippen LogP contribution in [-0.2, 0) is 4.79 Å². The molecule has 2 rings (SSSR count). The Hall–Kier alpha value is -0.830. The molecule has 1 fully saturated rings. The Kier molecular flexibility index (Phi) is 5.24. The highest BCUT2D eigenvalue weighted by Gasteiger charge is 2.26. The van der Waals surface area contributed by atoms with E-state index < -0.39 is 5.97 Å². The van der Waals surface area contributed by atoms with Crippen molar-refractivity contribution in [2.45, 2.75) is 69.9 Å². The van der Waals surface area contributed by atoms with E-state index in [0.29, 0.717) is 12.1 Å². The maximum absolute atomic E-state index is 10.9. The van der Waals surface area contributed by atoms with Crippen LogP contribution in [0.1, 0.15) is 57.8 Å². The van der Waals surface area contributed by atoms with Crippen LogP contribution in [0, 0.1) is 5.92 Å². The molecular weight excluding hydrogens is 226 g/mol. The van der Waals surface area contributed by atoms with Crippen molar-refractivity contribution >= 4 is 5.97 Å². The number of nitrogens with one attached hydrogen (secondary N) is 1. The van der Waals surface area contributed by atoms with Crippen LogP contribution in [0.3, 0.4) is 0 Å². The van der Waals surface area contributed by atoms with E-state index in [1.165, 1.54) is 32.1 Å². The first kappa shape index (κ1) is 13.6. The number of allylic oxidation sites excluding steroid dienone is 1. The molecule has 0 aromatic carbocycles. The molecule has 1 saturated carbocycles. The molecule has 0 saturated heterocycles. The largest absolute Gasteiger partial charge is 0.481 e. The van der Waals surface area contributed by atoms with Crippen molar-refractivity contribution in [2.24, 2.45) is 5.92 Å². The van der Waals surface area contributed by atoms with Crippen LogP contribution in [0.15, 0.2) is 12.2 Å². The van der Waals surface area contributed by atoms with Gasteiger partial charge in [-0.3, -0.25) is 4.79 Å². The number of carboxylic acids is 1. The van der Waals surface area contributed by atoms with E-state index in [1.807, 2.05) is 0 Å². The molecule has 0 aliphatic heterocycles. The maximum atomic E-state index is 10.9. The van der Waals surface area contributed by atoms with Gasteiger partial charge in [-0.25, -0.2) is 0 Å². The Morgan fingerprint density at radius 2 is 1.83 bits per heavy atom. The molecule has 0 aromatic rings. The fraction of sp³-hybridized carbons (Fsp3) is 0.800. The molecule has 2 aliphatic carbocycles. The second kappa shape index (κ2) is 6.93. The average Bonchev–Trinajstić information content (AvgIpc) is 2.33. The molecule has 2 N–H and O–H groups in total. The second-order valence-corrected chi connectivity index (χ2v) is 5.73. The molecule has 102 valence electrons. The second-order valence-electron chi connectivity index (χ2n) is 5.73. The van der Waals surface area contributed by atoms with Crippen LogP contribution in [0.2, 0.25) is 0 Å². The van der Waals surface area contributed by atoms with Crippen molar-refractivity contribution in [1.29, 1.82) is 0 Å². The lowest BCUT2D eigenvalue weighted by Gasteiger charge is -2.30. The first-order chi connectivity index (χ1) is 8.75. The van der Waals surface area contributed by atoms with Gasteiger partial charge in [-0.1, -0.05) is 25.0 Å². The predicted molar refractivity (Wildman–Crippen MR) is 72.5 cm³/mol. The van der Waals surface area contributed by atoms with Crippen LogP contribution < -0.4 is 5.32 Å². The van der Waals surface area contributed by atoms with E-state index in [0.717, 1.165) is 25.7 Å². The van der Waals surface area contributed by atoms with Gasteiger partial charge in [0.1, 0.15) is 0 Å². The molecule has 0 bridgehead atoms. The first-order valence-corrected chi connectivity index (χ1v) is 7.41. The summed E-state index contributed by atoms with van der Waals surface area (Å²) in [6, 6.07) is 1.03. The van der Waals surface area contributed by atoms with Gasteiger partial charge in [0.25, 0.3) is 0 Å². The van der Waals surface area contributed by atoms with Gasteiger partial charge in [-0.05, 0) is 44.9 Å². The topological polar surface area (TPSA) is 49.3 Å². The Morgan fingerprint density at radius 1 is 1.06 bits per heavy atom. The highest BCUT2D eigenvalue weighted by Crippen LogP contribution is 2.25. The molecule has 2 aliphatic rings. The van der Waals surface area contributed by atoms with Crippen LogP contribution >= 0.6 is 0 Å². The zero-order valence-electron chi connectivity index (χ0n) is 11.1. The minimum Gasteiger partial charge on any atom is -0.481 e. The number of hydrogen-bond donors (Lipinski definition) is 2.